The molecule has 0 spiro atoms. The average molecular weight is 354 g/mol. The van der Waals surface area contributed by atoms with Crippen molar-refractivity contribution < 1.29 is 23.0 Å². The van der Waals surface area contributed by atoms with Crippen LogP contribution in [0.4, 0.5) is 19.3 Å². The molecule has 2 aliphatic heterocycles. The molecule has 0 saturated carbocycles. The molecule has 1 aromatic carbocycles. The molecule has 1 N–H and O–H groups in total. The fraction of sp³-hybridized carbons (Fsp3) is 0.611. The highest BCUT2D eigenvalue weighted by molar-refractivity contribution is 5.89. The summed E-state index contributed by atoms with van der Waals surface area (Å²) < 4.78 is 37.6. The standard InChI is InChI=1S/C18H24F2N2O3/c19-18(20)8-10-22(11-9-18)17(23)21-14-4-6-15(7-5-14)25-13-16-3-1-2-12-24-16/h4-7,16H,1-3,8-13H2,(H,21,23). The van der Waals surface area contributed by atoms with Gasteiger partial charge in [-0.25, -0.2) is 13.6 Å². The molecule has 0 aliphatic carbocycles. The van der Waals surface area contributed by atoms with Crippen LogP contribution in [0.1, 0.15) is 32.1 Å². The first kappa shape index (κ1) is 17.9. The number of amides is 2. The number of ether oxygens (including phenoxy) is 2. The number of hydrogen-bond acceptors (Lipinski definition) is 3. The van der Waals surface area contributed by atoms with E-state index in [1.165, 1.54) is 11.3 Å². The number of anilines is 1. The molecule has 138 valence electrons. The molecule has 1 atom stereocenters. The van der Waals surface area contributed by atoms with Crippen LogP contribution in [0.3, 0.4) is 0 Å². The van der Waals surface area contributed by atoms with E-state index >= 15 is 0 Å². The third kappa shape index (κ3) is 5.29. The summed E-state index contributed by atoms with van der Waals surface area (Å²) in [6.45, 7) is 1.46. The number of hydrogen-bond donors (Lipinski definition) is 1. The Balaban J connectivity index is 1.44. The molecule has 1 aromatic rings. The van der Waals surface area contributed by atoms with Crippen LogP contribution < -0.4 is 10.1 Å². The zero-order chi connectivity index (χ0) is 17.7. The van der Waals surface area contributed by atoms with Crippen LogP contribution in [0.2, 0.25) is 0 Å². The van der Waals surface area contributed by atoms with Crippen molar-refractivity contribution in [3.8, 4) is 5.75 Å². The van der Waals surface area contributed by atoms with Crippen molar-refractivity contribution in [2.24, 2.45) is 0 Å². The van der Waals surface area contributed by atoms with E-state index in [1.54, 1.807) is 24.3 Å². The number of nitrogens with one attached hydrogen (secondary N) is 1. The molecule has 25 heavy (non-hydrogen) atoms. The second-order valence-electron chi connectivity index (χ2n) is 6.60. The van der Waals surface area contributed by atoms with Crippen molar-refractivity contribution in [1.29, 1.82) is 0 Å². The maximum absolute atomic E-state index is 13.1. The molecule has 2 aliphatic rings. The normalized spacial score (nSPS) is 23.1. The number of likely N-dealkylation sites (tertiary alicyclic amines) is 1. The summed E-state index contributed by atoms with van der Waals surface area (Å²) in [5, 5.41) is 2.73. The first-order valence-electron chi connectivity index (χ1n) is 8.80. The van der Waals surface area contributed by atoms with Gasteiger partial charge in [0.05, 0.1) is 6.10 Å². The lowest BCUT2D eigenvalue weighted by atomic mass is 10.1. The lowest BCUT2D eigenvalue weighted by Gasteiger charge is -2.31. The van der Waals surface area contributed by atoms with E-state index in [4.69, 9.17) is 9.47 Å². The van der Waals surface area contributed by atoms with Gasteiger partial charge in [-0.3, -0.25) is 0 Å². The highest BCUT2D eigenvalue weighted by Crippen LogP contribution is 2.28. The van der Waals surface area contributed by atoms with Gasteiger partial charge in [0.15, 0.2) is 0 Å². The third-order valence-corrected chi connectivity index (χ3v) is 4.60. The number of nitrogens with zero attached hydrogens (tertiary/aromatic N) is 1. The second-order valence-corrected chi connectivity index (χ2v) is 6.60. The first-order chi connectivity index (χ1) is 12.0. The monoisotopic (exact) mass is 354 g/mol. The summed E-state index contributed by atoms with van der Waals surface area (Å²) >= 11 is 0. The van der Waals surface area contributed by atoms with Crippen LogP contribution in [-0.4, -0.2) is 49.3 Å². The molecule has 0 aromatic heterocycles. The van der Waals surface area contributed by atoms with E-state index in [0.717, 1.165) is 19.4 Å². The molecule has 0 radical (unpaired) electrons. The van der Waals surface area contributed by atoms with Crippen molar-refractivity contribution in [2.45, 2.75) is 44.1 Å². The molecule has 3 rings (SSSR count). The maximum atomic E-state index is 13.1. The summed E-state index contributed by atoms with van der Waals surface area (Å²) in [4.78, 5) is 13.5. The smallest absolute Gasteiger partial charge is 0.321 e. The second kappa shape index (κ2) is 7.99. The van der Waals surface area contributed by atoms with Crippen LogP contribution in [0.25, 0.3) is 0 Å². The first-order valence-corrected chi connectivity index (χ1v) is 8.80. The quantitative estimate of drug-likeness (QED) is 0.892. The largest absolute Gasteiger partial charge is 0.491 e. The molecule has 2 saturated heterocycles. The highest BCUT2D eigenvalue weighted by atomic mass is 19.3. The minimum Gasteiger partial charge on any atom is -0.491 e. The summed E-state index contributed by atoms with van der Waals surface area (Å²) in [6.07, 6.45) is 2.88. The Bertz CT molecular complexity index is 564. The molecular formula is C18H24F2N2O3. The molecule has 5 nitrogen and oxygen atoms in total. The van der Waals surface area contributed by atoms with Gasteiger partial charge in [0, 0.05) is 38.2 Å². The predicted molar refractivity (Wildman–Crippen MR) is 90.3 cm³/mol. The maximum Gasteiger partial charge on any atom is 0.321 e. The molecule has 1 unspecified atom stereocenters. The van der Waals surface area contributed by atoms with E-state index < -0.39 is 5.92 Å². The van der Waals surface area contributed by atoms with Crippen molar-refractivity contribution in [3.05, 3.63) is 24.3 Å². The van der Waals surface area contributed by atoms with E-state index in [0.29, 0.717) is 18.0 Å². The van der Waals surface area contributed by atoms with Crippen molar-refractivity contribution >= 4 is 11.7 Å². The van der Waals surface area contributed by atoms with Crippen molar-refractivity contribution in [2.75, 3.05) is 31.6 Å². The van der Waals surface area contributed by atoms with Gasteiger partial charge in [0.25, 0.3) is 5.92 Å². The summed E-state index contributed by atoms with van der Waals surface area (Å²) in [6, 6.07) is 6.70. The van der Waals surface area contributed by atoms with Crippen LogP contribution in [-0.2, 0) is 4.74 Å². The van der Waals surface area contributed by atoms with Gasteiger partial charge in [0.2, 0.25) is 0 Å². The van der Waals surface area contributed by atoms with Gasteiger partial charge in [-0.15, -0.1) is 0 Å². The van der Waals surface area contributed by atoms with Gasteiger partial charge < -0.3 is 19.7 Å². The number of piperidine rings is 1. The van der Waals surface area contributed by atoms with Crippen LogP contribution in [0.15, 0.2) is 24.3 Å². The lowest BCUT2D eigenvalue weighted by Crippen LogP contribution is -2.44. The van der Waals surface area contributed by atoms with Crippen LogP contribution in [0.5, 0.6) is 5.75 Å². The Morgan fingerprint density at radius 1 is 1.24 bits per heavy atom. The average Bonchev–Trinajstić information content (AvgIpc) is 2.62. The number of urea groups is 1. The lowest BCUT2D eigenvalue weighted by molar-refractivity contribution is -0.0461. The van der Waals surface area contributed by atoms with E-state index in [2.05, 4.69) is 5.32 Å². The topological polar surface area (TPSA) is 50.8 Å². The summed E-state index contributed by atoms with van der Waals surface area (Å²) in [7, 11) is 0. The fourth-order valence-corrected chi connectivity index (χ4v) is 3.00. The number of carbonyl (C=O) groups excluding carboxylic acids is 1. The van der Waals surface area contributed by atoms with Crippen molar-refractivity contribution in [1.82, 2.24) is 4.90 Å². The molecule has 2 fully saturated rings. The third-order valence-electron chi connectivity index (χ3n) is 4.60. The van der Waals surface area contributed by atoms with Gasteiger partial charge >= 0.3 is 6.03 Å². The van der Waals surface area contributed by atoms with Gasteiger partial charge in [-0.1, -0.05) is 0 Å². The van der Waals surface area contributed by atoms with Crippen LogP contribution >= 0.6 is 0 Å². The number of carbonyl (C=O) groups is 1. The Kier molecular flexibility index (Phi) is 5.73. The number of halogens is 2. The molecular weight excluding hydrogens is 330 g/mol. The fourth-order valence-electron chi connectivity index (χ4n) is 3.00. The van der Waals surface area contributed by atoms with E-state index in [-0.39, 0.29) is 38.1 Å². The Morgan fingerprint density at radius 3 is 2.60 bits per heavy atom. The van der Waals surface area contributed by atoms with Crippen molar-refractivity contribution in [3.63, 3.8) is 0 Å². The zero-order valence-electron chi connectivity index (χ0n) is 14.2. The van der Waals surface area contributed by atoms with Crippen LogP contribution in [0, 0.1) is 0 Å². The molecule has 7 heteroatoms. The number of alkyl halides is 2. The predicted octanol–water partition coefficient (Wildman–Crippen LogP) is 3.90. The number of rotatable bonds is 4. The zero-order valence-corrected chi connectivity index (χ0v) is 14.2. The van der Waals surface area contributed by atoms with Gasteiger partial charge in [-0.2, -0.15) is 0 Å². The minimum absolute atomic E-state index is 0.0708. The highest BCUT2D eigenvalue weighted by Gasteiger charge is 2.35. The van der Waals surface area contributed by atoms with E-state index in [9.17, 15) is 13.6 Å². The van der Waals surface area contributed by atoms with Gasteiger partial charge in [-0.05, 0) is 43.5 Å². The Morgan fingerprint density at radius 2 is 1.96 bits per heavy atom. The number of benzene rings is 1. The SMILES string of the molecule is O=C(Nc1ccc(OCC2CCCCO2)cc1)N1CCC(F)(F)CC1. The van der Waals surface area contributed by atoms with Gasteiger partial charge in [0.1, 0.15) is 12.4 Å². The molecule has 0 bridgehead atoms. The summed E-state index contributed by atoms with van der Waals surface area (Å²) in [5.74, 6) is -1.94. The molecule has 2 amide bonds. The summed E-state index contributed by atoms with van der Waals surface area (Å²) in [5.41, 5.74) is 0.614. The molecule has 2 heterocycles. The Hall–Kier alpha value is -1.89. The minimum atomic E-state index is -2.65. The van der Waals surface area contributed by atoms with E-state index in [1.807, 2.05) is 0 Å². The Labute approximate surface area is 146 Å².